The Bertz CT molecular complexity index is 433. The second-order valence-corrected chi connectivity index (χ2v) is 6.48. The van der Waals surface area contributed by atoms with Crippen molar-refractivity contribution in [2.45, 2.75) is 12.8 Å². The average molecular weight is 330 g/mol. The number of hydrogen-bond donors (Lipinski definition) is 2. The van der Waals surface area contributed by atoms with Gasteiger partial charge in [0, 0.05) is 16.7 Å². The highest BCUT2D eigenvalue weighted by atomic mass is 79.9. The summed E-state index contributed by atoms with van der Waals surface area (Å²) in [6.07, 6.45) is 2.43. The lowest BCUT2D eigenvalue weighted by atomic mass is 10.0. The molecule has 0 amide bonds. The number of hydrogen-bond acceptors (Lipinski definition) is 3. The molecule has 0 spiro atoms. The maximum absolute atomic E-state index is 11.2. The Morgan fingerprint density at radius 2 is 2.17 bits per heavy atom. The SMILES string of the molecule is O=C(O)c1c(Br)cccc1NCC1CCSCC1. The van der Waals surface area contributed by atoms with E-state index in [9.17, 15) is 9.90 Å². The van der Waals surface area contributed by atoms with Crippen molar-refractivity contribution in [3.63, 3.8) is 0 Å². The van der Waals surface area contributed by atoms with Crippen LogP contribution in [0.2, 0.25) is 0 Å². The van der Waals surface area contributed by atoms with Crippen LogP contribution >= 0.6 is 27.7 Å². The van der Waals surface area contributed by atoms with Crippen molar-refractivity contribution in [3.05, 3.63) is 28.2 Å². The Morgan fingerprint density at radius 1 is 1.44 bits per heavy atom. The number of aromatic carboxylic acids is 1. The monoisotopic (exact) mass is 329 g/mol. The van der Waals surface area contributed by atoms with E-state index in [-0.39, 0.29) is 0 Å². The fourth-order valence-electron chi connectivity index (χ4n) is 2.09. The molecular formula is C13H16BrNO2S. The van der Waals surface area contributed by atoms with Gasteiger partial charge in [-0.1, -0.05) is 6.07 Å². The number of halogens is 1. The summed E-state index contributed by atoms with van der Waals surface area (Å²) in [6.45, 7) is 0.858. The zero-order chi connectivity index (χ0) is 13.0. The van der Waals surface area contributed by atoms with Crippen LogP contribution in [0.4, 0.5) is 5.69 Å². The molecule has 0 radical (unpaired) electrons. The number of carboxylic acid groups (broad SMARTS) is 1. The zero-order valence-electron chi connectivity index (χ0n) is 9.99. The first-order valence-electron chi connectivity index (χ1n) is 6.02. The van der Waals surface area contributed by atoms with E-state index in [4.69, 9.17) is 0 Å². The predicted molar refractivity (Wildman–Crippen MR) is 79.6 cm³/mol. The topological polar surface area (TPSA) is 49.3 Å². The summed E-state index contributed by atoms with van der Waals surface area (Å²) in [5.41, 5.74) is 1.03. The summed E-state index contributed by atoms with van der Waals surface area (Å²) < 4.78 is 0.624. The van der Waals surface area contributed by atoms with Gasteiger partial charge in [-0.25, -0.2) is 4.79 Å². The standard InChI is InChI=1S/C13H16BrNO2S/c14-10-2-1-3-11(12(10)13(16)17)15-8-9-4-6-18-7-5-9/h1-3,9,15H,4-8H2,(H,16,17). The molecule has 0 unspecified atom stereocenters. The van der Waals surface area contributed by atoms with Crippen LogP contribution in [-0.2, 0) is 0 Å². The highest BCUT2D eigenvalue weighted by Gasteiger charge is 2.17. The normalized spacial score (nSPS) is 16.5. The van der Waals surface area contributed by atoms with Gasteiger partial charge >= 0.3 is 5.97 Å². The van der Waals surface area contributed by atoms with E-state index in [1.165, 1.54) is 24.3 Å². The van der Waals surface area contributed by atoms with Crippen LogP contribution in [0.5, 0.6) is 0 Å². The highest BCUT2D eigenvalue weighted by Crippen LogP contribution is 2.27. The van der Waals surface area contributed by atoms with Crippen molar-refractivity contribution < 1.29 is 9.90 Å². The van der Waals surface area contributed by atoms with Gasteiger partial charge in [-0.15, -0.1) is 0 Å². The molecule has 1 aliphatic heterocycles. The van der Waals surface area contributed by atoms with Crippen molar-refractivity contribution in [3.8, 4) is 0 Å². The van der Waals surface area contributed by atoms with Crippen molar-refractivity contribution in [2.24, 2.45) is 5.92 Å². The molecule has 1 saturated heterocycles. The third-order valence-corrected chi connectivity index (χ3v) is 4.86. The molecule has 1 fully saturated rings. The van der Waals surface area contributed by atoms with Crippen molar-refractivity contribution >= 4 is 39.3 Å². The lowest BCUT2D eigenvalue weighted by Crippen LogP contribution is -2.20. The second-order valence-electron chi connectivity index (χ2n) is 4.40. The van der Waals surface area contributed by atoms with Gasteiger partial charge in [0.1, 0.15) is 0 Å². The number of carbonyl (C=O) groups is 1. The molecule has 98 valence electrons. The van der Waals surface area contributed by atoms with Gasteiger partial charge in [0.2, 0.25) is 0 Å². The minimum absolute atomic E-state index is 0.322. The Kier molecular flexibility index (Phi) is 4.95. The van der Waals surface area contributed by atoms with Crippen LogP contribution in [0.15, 0.2) is 22.7 Å². The molecule has 5 heteroatoms. The van der Waals surface area contributed by atoms with E-state index in [1.54, 1.807) is 6.07 Å². The molecule has 1 aromatic carbocycles. The summed E-state index contributed by atoms with van der Waals surface area (Å²) in [5, 5.41) is 12.5. The van der Waals surface area contributed by atoms with E-state index in [1.807, 2.05) is 23.9 Å². The third-order valence-electron chi connectivity index (χ3n) is 3.15. The Balaban J connectivity index is 2.04. The van der Waals surface area contributed by atoms with Gasteiger partial charge in [-0.2, -0.15) is 11.8 Å². The number of rotatable bonds is 4. The molecule has 1 heterocycles. The average Bonchev–Trinajstić information content (AvgIpc) is 2.37. The van der Waals surface area contributed by atoms with Crippen LogP contribution in [0, 0.1) is 5.92 Å². The van der Waals surface area contributed by atoms with E-state index >= 15 is 0 Å². The lowest BCUT2D eigenvalue weighted by molar-refractivity contribution is 0.0697. The largest absolute Gasteiger partial charge is 0.478 e. The molecule has 0 bridgehead atoms. The maximum atomic E-state index is 11.2. The van der Waals surface area contributed by atoms with Crippen LogP contribution in [0.3, 0.4) is 0 Å². The molecule has 1 aliphatic rings. The smallest absolute Gasteiger partial charge is 0.338 e. The molecule has 2 N–H and O–H groups in total. The highest BCUT2D eigenvalue weighted by molar-refractivity contribution is 9.10. The fraction of sp³-hybridized carbons (Fsp3) is 0.462. The molecule has 0 atom stereocenters. The second kappa shape index (κ2) is 6.48. The summed E-state index contributed by atoms with van der Waals surface area (Å²) in [5.74, 6) is 2.20. The van der Waals surface area contributed by atoms with E-state index in [0.717, 1.165) is 6.54 Å². The molecule has 3 nitrogen and oxygen atoms in total. The molecule has 18 heavy (non-hydrogen) atoms. The third kappa shape index (κ3) is 3.42. The molecule has 0 saturated carbocycles. The van der Waals surface area contributed by atoms with Crippen molar-refractivity contribution in [1.82, 2.24) is 0 Å². The minimum atomic E-state index is -0.899. The molecular weight excluding hydrogens is 314 g/mol. The summed E-state index contributed by atoms with van der Waals surface area (Å²) >= 11 is 5.29. The first kappa shape index (κ1) is 13.7. The van der Waals surface area contributed by atoms with Gasteiger partial charge in [0.25, 0.3) is 0 Å². The first-order valence-corrected chi connectivity index (χ1v) is 7.96. The fourth-order valence-corrected chi connectivity index (χ4v) is 3.83. The summed E-state index contributed by atoms with van der Waals surface area (Å²) in [4.78, 5) is 11.2. The van der Waals surface area contributed by atoms with Crippen LogP contribution < -0.4 is 5.32 Å². The zero-order valence-corrected chi connectivity index (χ0v) is 12.4. The number of carboxylic acids is 1. The van der Waals surface area contributed by atoms with Gasteiger partial charge in [0.15, 0.2) is 0 Å². The Labute approximate surface area is 119 Å². The van der Waals surface area contributed by atoms with Crippen LogP contribution in [0.1, 0.15) is 23.2 Å². The quantitative estimate of drug-likeness (QED) is 0.884. The number of benzene rings is 1. The Morgan fingerprint density at radius 3 is 2.83 bits per heavy atom. The van der Waals surface area contributed by atoms with Crippen LogP contribution in [-0.4, -0.2) is 29.1 Å². The summed E-state index contributed by atoms with van der Waals surface area (Å²) in [6, 6.07) is 5.44. The summed E-state index contributed by atoms with van der Waals surface area (Å²) in [7, 11) is 0. The van der Waals surface area contributed by atoms with Gasteiger partial charge in [-0.3, -0.25) is 0 Å². The van der Waals surface area contributed by atoms with Gasteiger partial charge < -0.3 is 10.4 Å². The van der Waals surface area contributed by atoms with Crippen molar-refractivity contribution in [2.75, 3.05) is 23.4 Å². The molecule has 0 aromatic heterocycles. The maximum Gasteiger partial charge on any atom is 0.338 e. The minimum Gasteiger partial charge on any atom is -0.478 e. The van der Waals surface area contributed by atoms with E-state index in [2.05, 4.69) is 21.2 Å². The van der Waals surface area contributed by atoms with Crippen LogP contribution in [0.25, 0.3) is 0 Å². The first-order chi connectivity index (χ1) is 8.68. The van der Waals surface area contributed by atoms with Gasteiger partial charge in [-0.05, 0) is 58.3 Å². The molecule has 0 aliphatic carbocycles. The molecule has 1 aromatic rings. The molecule has 2 rings (SSSR count). The number of anilines is 1. The number of nitrogens with one attached hydrogen (secondary N) is 1. The predicted octanol–water partition coefficient (Wildman–Crippen LogP) is 3.70. The van der Waals surface area contributed by atoms with E-state index < -0.39 is 5.97 Å². The lowest BCUT2D eigenvalue weighted by Gasteiger charge is -2.22. The van der Waals surface area contributed by atoms with E-state index in [0.29, 0.717) is 21.6 Å². The Hall–Kier alpha value is -0.680. The van der Waals surface area contributed by atoms with Gasteiger partial charge in [0.05, 0.1) is 5.56 Å². The number of thioether (sulfide) groups is 1. The van der Waals surface area contributed by atoms with Crippen molar-refractivity contribution in [1.29, 1.82) is 0 Å².